The van der Waals surface area contributed by atoms with E-state index in [9.17, 15) is 4.79 Å². The molecule has 0 aliphatic carbocycles. The van der Waals surface area contributed by atoms with Gasteiger partial charge in [0.25, 0.3) is 5.91 Å². The Bertz CT molecular complexity index is 832. The minimum absolute atomic E-state index is 0.0896. The van der Waals surface area contributed by atoms with Crippen LogP contribution >= 0.6 is 0 Å². The molecule has 3 rings (SSSR count). The van der Waals surface area contributed by atoms with Gasteiger partial charge in [-0.05, 0) is 50.2 Å². The number of carbonyl (C=O) groups excluding carboxylic acids is 1. The third-order valence-electron chi connectivity index (χ3n) is 4.64. The first-order chi connectivity index (χ1) is 12.6. The number of amides is 1. The maximum atomic E-state index is 12.4. The predicted molar refractivity (Wildman–Crippen MR) is 105 cm³/mol. The number of nitrogens with zero attached hydrogens (tertiary/aromatic N) is 1. The first-order valence-electron chi connectivity index (χ1n) is 9.15. The number of hydrogen-bond acceptors (Lipinski definition) is 3. The molecule has 0 aliphatic heterocycles. The highest BCUT2D eigenvalue weighted by molar-refractivity contribution is 5.94. The largest absolute Gasteiger partial charge is 0.459 e. The van der Waals surface area contributed by atoms with Gasteiger partial charge in [-0.2, -0.15) is 0 Å². The van der Waals surface area contributed by atoms with Crippen LogP contribution in [0.1, 0.15) is 42.5 Å². The van der Waals surface area contributed by atoms with Gasteiger partial charge < -0.3 is 9.73 Å². The van der Waals surface area contributed by atoms with E-state index < -0.39 is 0 Å². The molecule has 1 heterocycles. The maximum Gasteiger partial charge on any atom is 0.251 e. The maximum absolute atomic E-state index is 12.4. The molecule has 1 amide bonds. The third kappa shape index (κ3) is 4.33. The van der Waals surface area contributed by atoms with Crippen molar-refractivity contribution in [1.29, 1.82) is 0 Å². The molecule has 0 aliphatic rings. The summed E-state index contributed by atoms with van der Waals surface area (Å²) < 4.78 is 5.73. The smallest absolute Gasteiger partial charge is 0.251 e. The summed E-state index contributed by atoms with van der Waals surface area (Å²) in [5.74, 6) is 0.667. The van der Waals surface area contributed by atoms with Gasteiger partial charge in [0.2, 0.25) is 0 Å². The van der Waals surface area contributed by atoms with Gasteiger partial charge in [-0.3, -0.25) is 9.69 Å². The van der Waals surface area contributed by atoms with Gasteiger partial charge in [0.1, 0.15) is 11.3 Å². The van der Waals surface area contributed by atoms with Gasteiger partial charge in [0, 0.05) is 23.5 Å². The van der Waals surface area contributed by atoms with Crippen LogP contribution in [0.3, 0.4) is 0 Å². The molecule has 0 radical (unpaired) electrons. The van der Waals surface area contributed by atoms with Crippen molar-refractivity contribution in [2.75, 3.05) is 6.54 Å². The van der Waals surface area contributed by atoms with E-state index >= 15 is 0 Å². The summed E-state index contributed by atoms with van der Waals surface area (Å²) >= 11 is 0. The van der Waals surface area contributed by atoms with Crippen molar-refractivity contribution < 1.29 is 9.21 Å². The van der Waals surface area contributed by atoms with E-state index in [1.807, 2.05) is 54.6 Å². The van der Waals surface area contributed by atoms with Gasteiger partial charge in [-0.1, -0.05) is 37.3 Å². The molecule has 0 saturated heterocycles. The normalized spacial score (nSPS) is 11.4. The van der Waals surface area contributed by atoms with Crippen LogP contribution in [0, 0.1) is 0 Å². The number of furan rings is 1. The minimum atomic E-state index is -0.0896. The highest BCUT2D eigenvalue weighted by atomic mass is 16.3. The van der Waals surface area contributed by atoms with Crippen molar-refractivity contribution in [3.63, 3.8) is 0 Å². The van der Waals surface area contributed by atoms with Gasteiger partial charge in [0.05, 0.1) is 6.54 Å². The quantitative estimate of drug-likeness (QED) is 0.678. The number of nitrogens with one attached hydrogen (secondary N) is 1. The number of benzene rings is 2. The minimum Gasteiger partial charge on any atom is -0.459 e. The number of para-hydroxylation sites is 1. The highest BCUT2D eigenvalue weighted by Crippen LogP contribution is 2.18. The van der Waals surface area contributed by atoms with E-state index in [0.717, 1.165) is 29.8 Å². The Morgan fingerprint density at radius 3 is 2.50 bits per heavy atom. The molecule has 3 aromatic rings. The van der Waals surface area contributed by atoms with Gasteiger partial charge >= 0.3 is 0 Å². The first-order valence-corrected chi connectivity index (χ1v) is 9.15. The second-order valence-corrected chi connectivity index (χ2v) is 6.79. The molecule has 4 nitrogen and oxygen atoms in total. The average molecular weight is 350 g/mol. The molecule has 2 aromatic carbocycles. The van der Waals surface area contributed by atoms with Crippen molar-refractivity contribution in [2.45, 2.75) is 39.9 Å². The summed E-state index contributed by atoms with van der Waals surface area (Å²) in [4.78, 5) is 14.8. The van der Waals surface area contributed by atoms with Gasteiger partial charge in [0.15, 0.2) is 0 Å². The van der Waals surface area contributed by atoms with Crippen molar-refractivity contribution >= 4 is 16.9 Å². The summed E-state index contributed by atoms with van der Waals surface area (Å²) in [6, 6.07) is 18.1. The fourth-order valence-electron chi connectivity index (χ4n) is 3.05. The number of hydrogen-bond donors (Lipinski definition) is 1. The molecule has 0 bridgehead atoms. The Labute approximate surface area is 154 Å². The number of fused-ring (bicyclic) bond motifs is 1. The standard InChI is InChI=1S/C22H26N2O2/c1-4-24(16(2)3)15-17-9-11-18(12-10-17)22(25)23-14-20-13-19-7-5-6-8-21(19)26-20/h5-13,16H,4,14-15H2,1-3H3,(H,23,25). The molecule has 0 spiro atoms. The summed E-state index contributed by atoms with van der Waals surface area (Å²) in [6.07, 6.45) is 0. The van der Waals surface area contributed by atoms with Crippen LogP contribution in [0.2, 0.25) is 0 Å². The molecular formula is C22H26N2O2. The molecule has 0 unspecified atom stereocenters. The van der Waals surface area contributed by atoms with E-state index in [4.69, 9.17) is 4.42 Å². The van der Waals surface area contributed by atoms with E-state index in [1.165, 1.54) is 5.56 Å². The number of carbonyl (C=O) groups is 1. The van der Waals surface area contributed by atoms with Crippen molar-refractivity contribution in [3.05, 3.63) is 71.5 Å². The molecular weight excluding hydrogens is 324 g/mol. The predicted octanol–water partition coefficient (Wildman–Crippen LogP) is 4.59. The lowest BCUT2D eigenvalue weighted by Gasteiger charge is -2.24. The molecule has 0 atom stereocenters. The second-order valence-electron chi connectivity index (χ2n) is 6.79. The van der Waals surface area contributed by atoms with E-state index in [-0.39, 0.29) is 5.91 Å². The van der Waals surface area contributed by atoms with Crippen molar-refractivity contribution in [1.82, 2.24) is 10.2 Å². The Morgan fingerprint density at radius 1 is 1.12 bits per heavy atom. The Morgan fingerprint density at radius 2 is 1.85 bits per heavy atom. The van der Waals surface area contributed by atoms with Crippen molar-refractivity contribution in [3.8, 4) is 0 Å². The molecule has 136 valence electrons. The van der Waals surface area contributed by atoms with Crippen LogP contribution in [0.25, 0.3) is 11.0 Å². The van der Waals surface area contributed by atoms with Crippen molar-refractivity contribution in [2.24, 2.45) is 0 Å². The molecule has 0 saturated carbocycles. The van der Waals surface area contributed by atoms with Crippen LogP contribution in [0.5, 0.6) is 0 Å². The fourth-order valence-corrected chi connectivity index (χ4v) is 3.05. The van der Waals surface area contributed by atoms with Crippen LogP contribution < -0.4 is 5.32 Å². The molecule has 4 heteroatoms. The van der Waals surface area contributed by atoms with E-state index in [1.54, 1.807) is 0 Å². The van der Waals surface area contributed by atoms with Crippen LogP contribution in [-0.2, 0) is 13.1 Å². The lowest BCUT2D eigenvalue weighted by Crippen LogP contribution is -2.30. The zero-order valence-corrected chi connectivity index (χ0v) is 15.7. The second kappa shape index (κ2) is 8.19. The summed E-state index contributed by atoms with van der Waals surface area (Å²) in [5, 5.41) is 3.97. The number of rotatable bonds is 7. The van der Waals surface area contributed by atoms with Crippen LogP contribution in [0.15, 0.2) is 59.0 Å². The highest BCUT2D eigenvalue weighted by Gasteiger charge is 2.10. The third-order valence-corrected chi connectivity index (χ3v) is 4.64. The van der Waals surface area contributed by atoms with E-state index in [0.29, 0.717) is 18.2 Å². The lowest BCUT2D eigenvalue weighted by molar-refractivity contribution is 0.0948. The molecule has 1 aromatic heterocycles. The van der Waals surface area contributed by atoms with Crippen LogP contribution in [-0.4, -0.2) is 23.4 Å². The Kier molecular flexibility index (Phi) is 5.74. The first kappa shape index (κ1) is 18.2. The Balaban J connectivity index is 1.59. The molecule has 1 N–H and O–H groups in total. The average Bonchev–Trinajstić information content (AvgIpc) is 3.07. The fraction of sp³-hybridized carbons (Fsp3) is 0.318. The van der Waals surface area contributed by atoms with Crippen LogP contribution in [0.4, 0.5) is 0 Å². The monoisotopic (exact) mass is 350 g/mol. The summed E-state index contributed by atoms with van der Waals surface area (Å²) in [5.41, 5.74) is 2.72. The lowest BCUT2D eigenvalue weighted by atomic mass is 10.1. The zero-order valence-electron chi connectivity index (χ0n) is 15.7. The van der Waals surface area contributed by atoms with Gasteiger partial charge in [-0.25, -0.2) is 0 Å². The van der Waals surface area contributed by atoms with E-state index in [2.05, 4.69) is 31.0 Å². The Hall–Kier alpha value is -2.59. The summed E-state index contributed by atoms with van der Waals surface area (Å²) in [7, 11) is 0. The molecule has 0 fully saturated rings. The zero-order chi connectivity index (χ0) is 18.5. The van der Waals surface area contributed by atoms with Gasteiger partial charge in [-0.15, -0.1) is 0 Å². The topological polar surface area (TPSA) is 45.5 Å². The summed E-state index contributed by atoms with van der Waals surface area (Å²) in [6.45, 7) is 8.85. The molecule has 26 heavy (non-hydrogen) atoms. The SMILES string of the molecule is CCN(Cc1ccc(C(=O)NCc2cc3ccccc3o2)cc1)C(C)C.